The van der Waals surface area contributed by atoms with E-state index in [0.29, 0.717) is 13.2 Å². The third-order valence-electron chi connectivity index (χ3n) is 5.25. The molecule has 2 aromatic rings. The topological polar surface area (TPSA) is 79.4 Å². The van der Waals surface area contributed by atoms with Crippen LogP contribution < -0.4 is 15.5 Å². The molecule has 2 N–H and O–H groups in total. The van der Waals surface area contributed by atoms with Gasteiger partial charge in [0.15, 0.2) is 0 Å². The summed E-state index contributed by atoms with van der Waals surface area (Å²) in [4.78, 5) is 23.8. The number of nitrogens with zero attached hydrogens (tertiary/aromatic N) is 3. The van der Waals surface area contributed by atoms with Gasteiger partial charge in [-0.3, -0.25) is 4.79 Å². The molecule has 0 unspecified atom stereocenters. The Kier molecular flexibility index (Phi) is 5.71. The van der Waals surface area contributed by atoms with Crippen LogP contribution in [-0.2, 0) is 9.53 Å². The highest BCUT2D eigenvalue weighted by Gasteiger charge is 2.21. The van der Waals surface area contributed by atoms with Gasteiger partial charge in [-0.1, -0.05) is 0 Å². The summed E-state index contributed by atoms with van der Waals surface area (Å²) in [7, 11) is 0. The zero-order valence-corrected chi connectivity index (χ0v) is 16.3. The fourth-order valence-electron chi connectivity index (χ4n) is 3.66. The molecule has 1 aromatic heterocycles. The van der Waals surface area contributed by atoms with Crippen molar-refractivity contribution in [3.05, 3.63) is 36.0 Å². The second kappa shape index (κ2) is 8.56. The molecule has 0 spiro atoms. The quantitative estimate of drug-likeness (QED) is 0.825. The molecule has 0 aliphatic carbocycles. The van der Waals surface area contributed by atoms with Crippen molar-refractivity contribution in [3.8, 4) is 0 Å². The van der Waals surface area contributed by atoms with Gasteiger partial charge < -0.3 is 20.3 Å². The molecule has 2 aliphatic rings. The minimum absolute atomic E-state index is 0.0413. The maximum absolute atomic E-state index is 12.3. The fourth-order valence-corrected chi connectivity index (χ4v) is 3.66. The van der Waals surface area contributed by atoms with Crippen LogP contribution in [0.5, 0.6) is 0 Å². The van der Waals surface area contributed by atoms with Crippen LogP contribution in [0.25, 0.3) is 0 Å². The van der Waals surface area contributed by atoms with E-state index in [1.807, 2.05) is 37.3 Å². The smallest absolute Gasteiger partial charge is 0.227 e. The Balaban J connectivity index is 1.39. The molecule has 148 valence electrons. The molecule has 2 aliphatic heterocycles. The SMILES string of the molecule is Cc1cc(Nc2ccc(NC(=O)C3CCOCC3)cc2)nc(N2CCCC2)n1. The zero-order chi connectivity index (χ0) is 19.3. The van der Waals surface area contributed by atoms with Crippen LogP contribution >= 0.6 is 0 Å². The molecule has 4 rings (SSSR count). The lowest BCUT2D eigenvalue weighted by molar-refractivity contribution is -0.122. The second-order valence-corrected chi connectivity index (χ2v) is 7.47. The molecule has 0 bridgehead atoms. The maximum Gasteiger partial charge on any atom is 0.227 e. The van der Waals surface area contributed by atoms with Crippen molar-refractivity contribution in [1.82, 2.24) is 9.97 Å². The Morgan fingerprint density at radius 1 is 1.07 bits per heavy atom. The highest BCUT2D eigenvalue weighted by molar-refractivity contribution is 5.92. The Morgan fingerprint density at radius 2 is 1.75 bits per heavy atom. The van der Waals surface area contributed by atoms with Gasteiger partial charge in [0.05, 0.1) is 0 Å². The van der Waals surface area contributed by atoms with Gasteiger partial charge in [-0.25, -0.2) is 4.98 Å². The second-order valence-electron chi connectivity index (χ2n) is 7.47. The van der Waals surface area contributed by atoms with Crippen molar-refractivity contribution in [3.63, 3.8) is 0 Å². The largest absolute Gasteiger partial charge is 0.381 e. The van der Waals surface area contributed by atoms with Gasteiger partial charge in [-0.15, -0.1) is 0 Å². The predicted octanol–water partition coefficient (Wildman–Crippen LogP) is 3.49. The predicted molar refractivity (Wildman–Crippen MR) is 110 cm³/mol. The Hall–Kier alpha value is -2.67. The summed E-state index contributed by atoms with van der Waals surface area (Å²) in [6.45, 7) is 5.35. The summed E-state index contributed by atoms with van der Waals surface area (Å²) in [5.74, 6) is 1.69. The lowest BCUT2D eigenvalue weighted by atomic mass is 9.99. The third kappa shape index (κ3) is 4.59. The van der Waals surface area contributed by atoms with Crippen LogP contribution in [0.3, 0.4) is 0 Å². The summed E-state index contributed by atoms with van der Waals surface area (Å²) in [5.41, 5.74) is 2.67. The van der Waals surface area contributed by atoms with Crippen molar-refractivity contribution in [2.75, 3.05) is 41.8 Å². The monoisotopic (exact) mass is 381 g/mol. The number of aromatic nitrogens is 2. The van der Waals surface area contributed by atoms with E-state index in [0.717, 1.165) is 54.8 Å². The molecule has 0 radical (unpaired) electrons. The number of nitrogens with one attached hydrogen (secondary N) is 2. The summed E-state index contributed by atoms with van der Waals surface area (Å²) in [5, 5.41) is 6.35. The Labute approximate surface area is 165 Å². The summed E-state index contributed by atoms with van der Waals surface area (Å²) in [6, 6.07) is 9.67. The van der Waals surface area contributed by atoms with E-state index in [9.17, 15) is 4.79 Å². The van der Waals surface area contributed by atoms with Crippen molar-refractivity contribution in [1.29, 1.82) is 0 Å². The molecule has 2 fully saturated rings. The maximum atomic E-state index is 12.3. The normalized spacial score (nSPS) is 17.5. The number of benzene rings is 1. The molecule has 1 amide bonds. The Morgan fingerprint density at radius 3 is 2.46 bits per heavy atom. The molecule has 28 heavy (non-hydrogen) atoms. The van der Waals surface area contributed by atoms with Crippen LogP contribution in [0.2, 0.25) is 0 Å². The van der Waals surface area contributed by atoms with E-state index < -0.39 is 0 Å². The summed E-state index contributed by atoms with van der Waals surface area (Å²) >= 11 is 0. The molecule has 0 atom stereocenters. The molecular weight excluding hydrogens is 354 g/mol. The van der Waals surface area contributed by atoms with E-state index in [-0.39, 0.29) is 11.8 Å². The molecule has 2 saturated heterocycles. The number of aryl methyl sites for hydroxylation is 1. The molecular formula is C21H27N5O2. The summed E-state index contributed by atoms with van der Waals surface area (Å²) in [6.07, 6.45) is 3.97. The number of rotatable bonds is 5. The van der Waals surface area contributed by atoms with Gasteiger partial charge in [-0.05, 0) is 56.9 Å². The van der Waals surface area contributed by atoms with Gasteiger partial charge in [0.2, 0.25) is 11.9 Å². The van der Waals surface area contributed by atoms with E-state index in [1.54, 1.807) is 0 Å². The van der Waals surface area contributed by atoms with Gasteiger partial charge in [0, 0.05) is 55.4 Å². The van der Waals surface area contributed by atoms with E-state index >= 15 is 0 Å². The van der Waals surface area contributed by atoms with Crippen molar-refractivity contribution in [2.24, 2.45) is 5.92 Å². The van der Waals surface area contributed by atoms with Crippen molar-refractivity contribution in [2.45, 2.75) is 32.6 Å². The number of ether oxygens (including phenoxy) is 1. The first-order chi connectivity index (χ1) is 13.7. The van der Waals surface area contributed by atoms with Gasteiger partial charge in [-0.2, -0.15) is 4.98 Å². The third-order valence-corrected chi connectivity index (χ3v) is 5.25. The first-order valence-corrected chi connectivity index (χ1v) is 10.0. The van der Waals surface area contributed by atoms with Crippen LogP contribution in [0.1, 0.15) is 31.4 Å². The van der Waals surface area contributed by atoms with Crippen LogP contribution in [-0.4, -0.2) is 42.2 Å². The lowest BCUT2D eigenvalue weighted by Crippen LogP contribution is -2.28. The van der Waals surface area contributed by atoms with E-state index in [4.69, 9.17) is 4.74 Å². The van der Waals surface area contributed by atoms with E-state index in [2.05, 4.69) is 25.5 Å². The number of carbonyl (C=O) groups excluding carboxylic acids is 1. The number of carbonyl (C=O) groups is 1. The summed E-state index contributed by atoms with van der Waals surface area (Å²) < 4.78 is 5.32. The molecule has 7 nitrogen and oxygen atoms in total. The van der Waals surface area contributed by atoms with E-state index in [1.165, 1.54) is 12.8 Å². The van der Waals surface area contributed by atoms with Gasteiger partial charge in [0.25, 0.3) is 0 Å². The molecule has 3 heterocycles. The van der Waals surface area contributed by atoms with Gasteiger partial charge in [0.1, 0.15) is 5.82 Å². The average Bonchev–Trinajstić information content (AvgIpc) is 3.25. The fraction of sp³-hybridized carbons (Fsp3) is 0.476. The number of hydrogen-bond acceptors (Lipinski definition) is 6. The average molecular weight is 381 g/mol. The minimum atomic E-state index is 0.0413. The molecule has 7 heteroatoms. The number of hydrogen-bond donors (Lipinski definition) is 2. The zero-order valence-electron chi connectivity index (χ0n) is 16.3. The van der Waals surface area contributed by atoms with Crippen molar-refractivity contribution >= 4 is 29.0 Å². The highest BCUT2D eigenvalue weighted by atomic mass is 16.5. The van der Waals surface area contributed by atoms with Crippen LogP contribution in [0, 0.1) is 12.8 Å². The highest BCUT2D eigenvalue weighted by Crippen LogP contribution is 2.23. The lowest BCUT2D eigenvalue weighted by Gasteiger charge is -2.21. The molecule has 0 saturated carbocycles. The van der Waals surface area contributed by atoms with Crippen LogP contribution in [0.15, 0.2) is 30.3 Å². The van der Waals surface area contributed by atoms with Crippen LogP contribution in [0.4, 0.5) is 23.1 Å². The minimum Gasteiger partial charge on any atom is -0.381 e. The standard InChI is InChI=1S/C21H27N5O2/c1-15-14-19(25-21(22-15)26-10-2-3-11-26)23-17-4-6-18(7-5-17)24-20(27)16-8-12-28-13-9-16/h4-7,14,16H,2-3,8-13H2,1H3,(H,24,27)(H,22,23,25). The first kappa shape index (κ1) is 18.7. The number of amides is 1. The molecule has 1 aromatic carbocycles. The number of anilines is 4. The first-order valence-electron chi connectivity index (χ1n) is 10.0. The van der Waals surface area contributed by atoms with Crippen molar-refractivity contribution < 1.29 is 9.53 Å². The Bertz CT molecular complexity index is 812. The van der Waals surface area contributed by atoms with Gasteiger partial charge >= 0.3 is 0 Å².